The van der Waals surface area contributed by atoms with Crippen molar-refractivity contribution in [2.45, 2.75) is 33.6 Å². The van der Waals surface area contributed by atoms with Crippen molar-refractivity contribution in [1.82, 2.24) is 19.7 Å². The maximum Gasteiger partial charge on any atom is 0.180 e. The van der Waals surface area contributed by atoms with Gasteiger partial charge >= 0.3 is 0 Å². The zero-order valence-corrected chi connectivity index (χ0v) is 14.6. The molecule has 0 aliphatic rings. The molecule has 21 heavy (non-hydrogen) atoms. The van der Waals surface area contributed by atoms with Gasteiger partial charge in [0.25, 0.3) is 0 Å². The van der Waals surface area contributed by atoms with Gasteiger partial charge in [0.1, 0.15) is 11.5 Å². The Hall–Kier alpha value is -1.43. The van der Waals surface area contributed by atoms with Gasteiger partial charge < -0.3 is 5.32 Å². The molecule has 0 aliphatic carbocycles. The maximum atomic E-state index is 4.73. The summed E-state index contributed by atoms with van der Waals surface area (Å²) in [5.41, 5.74) is 1.96. The Balaban J connectivity index is 2.47. The molecule has 0 fully saturated rings. The Morgan fingerprint density at radius 2 is 2.10 bits per heavy atom. The van der Waals surface area contributed by atoms with Gasteiger partial charge in [-0.3, -0.25) is 4.68 Å². The second-order valence-electron chi connectivity index (χ2n) is 5.52. The molecular formula is C15H22BrN5. The molecule has 0 spiro atoms. The third-order valence-electron chi connectivity index (χ3n) is 3.11. The Morgan fingerprint density at radius 3 is 2.67 bits per heavy atom. The van der Waals surface area contributed by atoms with Crippen LogP contribution in [-0.4, -0.2) is 26.3 Å². The Kier molecular flexibility index (Phi) is 5.33. The lowest BCUT2D eigenvalue weighted by molar-refractivity contribution is 0.632. The van der Waals surface area contributed by atoms with Gasteiger partial charge in [-0.2, -0.15) is 5.10 Å². The first-order valence-corrected chi connectivity index (χ1v) is 8.10. The number of aromatic nitrogens is 4. The molecule has 1 N–H and O–H groups in total. The van der Waals surface area contributed by atoms with E-state index >= 15 is 0 Å². The molecule has 0 aromatic carbocycles. The highest BCUT2D eigenvalue weighted by Gasteiger charge is 2.16. The summed E-state index contributed by atoms with van der Waals surface area (Å²) in [6.07, 6.45) is 3.73. The molecule has 0 saturated heterocycles. The minimum atomic E-state index is 0.537. The number of halogens is 1. The van der Waals surface area contributed by atoms with Crippen LogP contribution < -0.4 is 5.32 Å². The van der Waals surface area contributed by atoms with Crippen LogP contribution >= 0.6 is 15.9 Å². The van der Waals surface area contributed by atoms with Crippen LogP contribution in [-0.2, 0) is 13.5 Å². The van der Waals surface area contributed by atoms with E-state index < -0.39 is 0 Å². The number of anilines is 1. The van der Waals surface area contributed by atoms with Crippen LogP contribution in [0.3, 0.4) is 0 Å². The highest BCUT2D eigenvalue weighted by molar-refractivity contribution is 9.10. The molecule has 2 heterocycles. The van der Waals surface area contributed by atoms with Crippen molar-refractivity contribution in [2.75, 3.05) is 11.9 Å². The summed E-state index contributed by atoms with van der Waals surface area (Å²) in [5, 5.41) is 7.57. The van der Waals surface area contributed by atoms with Crippen molar-refractivity contribution in [3.8, 4) is 11.5 Å². The second-order valence-corrected chi connectivity index (χ2v) is 6.31. The summed E-state index contributed by atoms with van der Waals surface area (Å²) in [4.78, 5) is 9.38. The maximum absolute atomic E-state index is 4.73. The zero-order valence-electron chi connectivity index (χ0n) is 13.0. The first kappa shape index (κ1) is 15.9. The number of nitrogens with zero attached hydrogens (tertiary/aromatic N) is 4. The van der Waals surface area contributed by atoms with Crippen molar-refractivity contribution >= 4 is 21.7 Å². The van der Waals surface area contributed by atoms with Crippen molar-refractivity contribution in [1.29, 1.82) is 0 Å². The van der Waals surface area contributed by atoms with Gasteiger partial charge in [0.15, 0.2) is 5.82 Å². The Labute approximate surface area is 134 Å². The summed E-state index contributed by atoms with van der Waals surface area (Å²) in [7, 11) is 1.90. The van der Waals surface area contributed by atoms with E-state index in [0.717, 1.165) is 41.1 Å². The molecule has 0 radical (unpaired) electrons. The monoisotopic (exact) mass is 351 g/mol. The van der Waals surface area contributed by atoms with Crippen molar-refractivity contribution < 1.29 is 0 Å². The predicted octanol–water partition coefficient (Wildman–Crippen LogP) is 3.66. The molecule has 0 saturated carbocycles. The van der Waals surface area contributed by atoms with E-state index in [2.05, 4.69) is 52.1 Å². The van der Waals surface area contributed by atoms with Crippen molar-refractivity contribution in [2.24, 2.45) is 13.0 Å². The smallest absolute Gasteiger partial charge is 0.180 e. The van der Waals surface area contributed by atoms with Crippen molar-refractivity contribution in [3.63, 3.8) is 0 Å². The topological polar surface area (TPSA) is 55.6 Å². The van der Waals surface area contributed by atoms with Crippen LogP contribution in [0.4, 0.5) is 5.82 Å². The van der Waals surface area contributed by atoms with E-state index in [0.29, 0.717) is 11.7 Å². The summed E-state index contributed by atoms with van der Waals surface area (Å²) < 4.78 is 2.77. The lowest BCUT2D eigenvalue weighted by Crippen LogP contribution is -2.10. The number of nitrogens with one attached hydrogen (secondary N) is 1. The van der Waals surface area contributed by atoms with Crippen LogP contribution in [0.15, 0.2) is 16.7 Å². The number of hydrogen-bond acceptors (Lipinski definition) is 4. The van der Waals surface area contributed by atoms with E-state index in [-0.39, 0.29) is 0 Å². The van der Waals surface area contributed by atoms with Gasteiger partial charge in [-0.1, -0.05) is 20.8 Å². The molecule has 0 atom stereocenters. The van der Waals surface area contributed by atoms with E-state index in [1.54, 1.807) is 10.9 Å². The molecule has 5 nitrogen and oxygen atoms in total. The molecule has 114 valence electrons. The summed E-state index contributed by atoms with van der Waals surface area (Å²) in [6.45, 7) is 7.41. The van der Waals surface area contributed by atoms with Gasteiger partial charge in [0, 0.05) is 19.8 Å². The molecule has 2 rings (SSSR count). The van der Waals surface area contributed by atoms with Gasteiger partial charge in [0.05, 0.1) is 10.2 Å². The normalized spacial score (nSPS) is 11.1. The molecule has 6 heteroatoms. The summed E-state index contributed by atoms with van der Waals surface area (Å²) in [5.74, 6) is 2.11. The fourth-order valence-electron chi connectivity index (χ4n) is 2.08. The Bertz CT molecular complexity index is 606. The van der Waals surface area contributed by atoms with E-state index in [4.69, 9.17) is 4.98 Å². The van der Waals surface area contributed by atoms with Gasteiger partial charge in [-0.15, -0.1) is 0 Å². The van der Waals surface area contributed by atoms with Crippen LogP contribution in [0.1, 0.15) is 32.9 Å². The molecule has 2 aromatic heterocycles. The highest BCUT2D eigenvalue weighted by Crippen LogP contribution is 2.28. The highest BCUT2D eigenvalue weighted by atomic mass is 79.9. The van der Waals surface area contributed by atoms with Crippen LogP contribution in [0.25, 0.3) is 11.5 Å². The first-order chi connectivity index (χ1) is 10.0. The first-order valence-electron chi connectivity index (χ1n) is 7.31. The summed E-state index contributed by atoms with van der Waals surface area (Å²) >= 11 is 3.65. The van der Waals surface area contributed by atoms with E-state index in [1.807, 2.05) is 13.1 Å². The fraction of sp³-hybridized carbons (Fsp3) is 0.533. The molecular weight excluding hydrogens is 330 g/mol. The van der Waals surface area contributed by atoms with Gasteiger partial charge in [-0.05, 0) is 40.8 Å². The third kappa shape index (κ3) is 3.81. The Morgan fingerprint density at radius 1 is 1.33 bits per heavy atom. The predicted molar refractivity (Wildman–Crippen MR) is 89.3 cm³/mol. The SMILES string of the molecule is CCCNc1nc(-c2ccnn2C)nc(CC(C)C)c1Br. The second kappa shape index (κ2) is 7.02. The average molecular weight is 352 g/mol. The molecule has 2 aromatic rings. The van der Waals surface area contributed by atoms with Crippen molar-refractivity contribution in [3.05, 3.63) is 22.4 Å². The lowest BCUT2D eigenvalue weighted by atomic mass is 10.1. The molecule has 0 aliphatic heterocycles. The van der Waals surface area contributed by atoms with Gasteiger partial charge in [0.2, 0.25) is 0 Å². The average Bonchev–Trinajstić information content (AvgIpc) is 2.85. The molecule has 0 unspecified atom stereocenters. The standard InChI is InChI=1S/C15H22BrN5/c1-5-7-17-15-13(16)11(9-10(2)3)19-14(20-15)12-6-8-18-21(12)4/h6,8,10H,5,7,9H2,1-4H3,(H,17,19,20). The van der Waals surface area contributed by atoms with E-state index in [1.165, 1.54) is 0 Å². The van der Waals surface area contributed by atoms with E-state index in [9.17, 15) is 0 Å². The van der Waals surface area contributed by atoms with Crippen LogP contribution in [0.2, 0.25) is 0 Å². The minimum absolute atomic E-state index is 0.537. The largest absolute Gasteiger partial charge is 0.369 e. The van der Waals surface area contributed by atoms with Crippen LogP contribution in [0, 0.1) is 5.92 Å². The number of hydrogen-bond donors (Lipinski definition) is 1. The number of aryl methyl sites for hydroxylation is 1. The fourth-order valence-corrected chi connectivity index (χ4v) is 2.56. The quantitative estimate of drug-likeness (QED) is 0.862. The molecule has 0 bridgehead atoms. The minimum Gasteiger partial charge on any atom is -0.369 e. The zero-order chi connectivity index (χ0) is 15.4. The third-order valence-corrected chi connectivity index (χ3v) is 3.95. The van der Waals surface area contributed by atoms with Crippen LogP contribution in [0.5, 0.6) is 0 Å². The summed E-state index contributed by atoms with van der Waals surface area (Å²) in [6, 6.07) is 1.94. The number of rotatable bonds is 6. The lowest BCUT2D eigenvalue weighted by Gasteiger charge is -2.14. The van der Waals surface area contributed by atoms with Gasteiger partial charge in [-0.25, -0.2) is 9.97 Å². The molecule has 0 amide bonds.